The molecule has 0 aliphatic rings. The third-order valence-corrected chi connectivity index (χ3v) is 2.58. The number of nitrogens with two attached hydrogens (primary N) is 1. The van der Waals surface area contributed by atoms with E-state index in [2.05, 4.69) is 15.3 Å². The highest BCUT2D eigenvalue weighted by molar-refractivity contribution is 7.13. The van der Waals surface area contributed by atoms with Gasteiger partial charge in [-0.2, -0.15) is 0 Å². The first-order valence-corrected chi connectivity index (χ1v) is 5.48. The number of amides is 1. The van der Waals surface area contributed by atoms with Gasteiger partial charge in [0.1, 0.15) is 11.5 Å². The van der Waals surface area contributed by atoms with Gasteiger partial charge in [-0.3, -0.25) is 4.79 Å². The van der Waals surface area contributed by atoms with Crippen molar-refractivity contribution in [2.75, 3.05) is 11.1 Å². The highest BCUT2D eigenvalue weighted by atomic mass is 32.1. The summed E-state index contributed by atoms with van der Waals surface area (Å²) in [6.45, 7) is 1.93. The summed E-state index contributed by atoms with van der Waals surface area (Å²) in [5, 5.41) is 4.62. The van der Waals surface area contributed by atoms with Crippen molar-refractivity contribution in [1.82, 2.24) is 9.97 Å². The zero-order valence-corrected chi connectivity index (χ0v) is 9.41. The number of aryl methyl sites for hydroxylation is 1. The maximum Gasteiger partial charge on any atom is 0.276 e. The number of thiazole rings is 1. The molecule has 16 heavy (non-hydrogen) atoms. The molecule has 2 heterocycles. The summed E-state index contributed by atoms with van der Waals surface area (Å²) in [6.07, 6.45) is 1.69. The van der Waals surface area contributed by atoms with Gasteiger partial charge in [0.05, 0.1) is 0 Å². The summed E-state index contributed by atoms with van der Waals surface area (Å²) >= 11 is 1.23. The van der Waals surface area contributed by atoms with Crippen molar-refractivity contribution in [2.24, 2.45) is 0 Å². The van der Waals surface area contributed by atoms with Crippen LogP contribution in [0.1, 0.15) is 16.1 Å². The summed E-state index contributed by atoms with van der Waals surface area (Å²) in [6, 6.07) is 3.61. The molecule has 5 nitrogen and oxygen atoms in total. The first-order chi connectivity index (χ1) is 7.65. The monoisotopic (exact) mass is 234 g/mol. The van der Waals surface area contributed by atoms with Gasteiger partial charge in [-0.15, -0.1) is 11.3 Å². The Morgan fingerprint density at radius 3 is 2.88 bits per heavy atom. The fourth-order valence-electron chi connectivity index (χ4n) is 1.11. The van der Waals surface area contributed by atoms with Crippen LogP contribution in [0.15, 0.2) is 23.7 Å². The van der Waals surface area contributed by atoms with Crippen LogP contribution < -0.4 is 11.1 Å². The number of nitrogens with zero attached hydrogens (tertiary/aromatic N) is 2. The third kappa shape index (κ3) is 2.34. The van der Waals surface area contributed by atoms with Crippen LogP contribution in [-0.2, 0) is 0 Å². The van der Waals surface area contributed by atoms with Crippen LogP contribution in [0.5, 0.6) is 0 Å². The SMILES string of the molecule is Cc1ccc(NC(=O)c2csc(N)n2)nc1. The van der Waals surface area contributed by atoms with Crippen molar-refractivity contribution in [3.63, 3.8) is 0 Å². The summed E-state index contributed by atoms with van der Waals surface area (Å²) in [4.78, 5) is 19.6. The van der Waals surface area contributed by atoms with Crippen LogP contribution in [-0.4, -0.2) is 15.9 Å². The number of carbonyl (C=O) groups is 1. The fourth-order valence-corrected chi connectivity index (χ4v) is 1.66. The molecule has 2 aromatic rings. The maximum atomic E-state index is 11.6. The number of aromatic nitrogens is 2. The molecule has 0 saturated carbocycles. The number of hydrogen-bond donors (Lipinski definition) is 2. The van der Waals surface area contributed by atoms with Crippen molar-refractivity contribution < 1.29 is 4.79 Å². The average Bonchev–Trinajstić information content (AvgIpc) is 2.68. The number of nitrogen functional groups attached to an aromatic ring is 1. The van der Waals surface area contributed by atoms with E-state index in [0.717, 1.165) is 5.56 Å². The lowest BCUT2D eigenvalue weighted by atomic mass is 10.3. The third-order valence-electron chi connectivity index (χ3n) is 1.91. The minimum absolute atomic E-state index is 0.302. The zero-order valence-electron chi connectivity index (χ0n) is 8.60. The summed E-state index contributed by atoms with van der Waals surface area (Å²) in [5.74, 6) is 0.200. The number of anilines is 2. The van der Waals surface area contributed by atoms with Crippen molar-refractivity contribution in [3.05, 3.63) is 35.0 Å². The van der Waals surface area contributed by atoms with E-state index in [0.29, 0.717) is 16.6 Å². The van der Waals surface area contributed by atoms with Gasteiger partial charge in [-0.05, 0) is 18.6 Å². The molecule has 82 valence electrons. The summed E-state index contributed by atoms with van der Waals surface area (Å²) in [7, 11) is 0. The molecule has 0 spiro atoms. The molecule has 6 heteroatoms. The van der Waals surface area contributed by atoms with Gasteiger partial charge < -0.3 is 11.1 Å². The molecule has 0 fully saturated rings. The molecular formula is C10H10N4OS. The standard InChI is InChI=1S/C10H10N4OS/c1-6-2-3-8(12-4-6)14-9(15)7-5-16-10(11)13-7/h2-5H,1H3,(H2,11,13)(H,12,14,15). The molecule has 0 aromatic carbocycles. The minimum atomic E-state index is -0.302. The number of carbonyl (C=O) groups excluding carboxylic acids is 1. The lowest BCUT2D eigenvalue weighted by molar-refractivity contribution is 0.102. The Labute approximate surface area is 96.3 Å². The van der Waals surface area contributed by atoms with Crippen LogP contribution >= 0.6 is 11.3 Å². The molecule has 3 N–H and O–H groups in total. The lowest BCUT2D eigenvalue weighted by Crippen LogP contribution is -2.13. The Morgan fingerprint density at radius 2 is 2.31 bits per heavy atom. The van der Waals surface area contributed by atoms with E-state index < -0.39 is 0 Å². The quantitative estimate of drug-likeness (QED) is 0.828. The van der Waals surface area contributed by atoms with Gasteiger partial charge in [0.2, 0.25) is 0 Å². The minimum Gasteiger partial charge on any atom is -0.375 e. The first kappa shape index (κ1) is 10.6. The Hall–Kier alpha value is -1.95. The van der Waals surface area contributed by atoms with Gasteiger partial charge in [-0.25, -0.2) is 9.97 Å². The molecule has 0 radical (unpaired) electrons. The predicted molar refractivity (Wildman–Crippen MR) is 63.5 cm³/mol. The lowest BCUT2D eigenvalue weighted by Gasteiger charge is -2.01. The zero-order chi connectivity index (χ0) is 11.5. The van der Waals surface area contributed by atoms with E-state index in [4.69, 9.17) is 5.73 Å². The normalized spacial score (nSPS) is 10.1. The molecule has 0 unspecified atom stereocenters. The van der Waals surface area contributed by atoms with Crippen molar-refractivity contribution in [2.45, 2.75) is 6.92 Å². The van der Waals surface area contributed by atoms with E-state index in [1.165, 1.54) is 11.3 Å². The van der Waals surface area contributed by atoms with E-state index >= 15 is 0 Å². The molecule has 2 aromatic heterocycles. The van der Waals surface area contributed by atoms with Gasteiger partial charge in [0, 0.05) is 11.6 Å². The van der Waals surface area contributed by atoms with Crippen LogP contribution in [0.4, 0.5) is 10.9 Å². The van der Waals surface area contributed by atoms with Gasteiger partial charge >= 0.3 is 0 Å². The number of pyridine rings is 1. The van der Waals surface area contributed by atoms with E-state index in [9.17, 15) is 4.79 Å². The first-order valence-electron chi connectivity index (χ1n) is 4.60. The van der Waals surface area contributed by atoms with E-state index in [-0.39, 0.29) is 5.91 Å². The van der Waals surface area contributed by atoms with Crippen molar-refractivity contribution in [3.8, 4) is 0 Å². The molecular weight excluding hydrogens is 224 g/mol. The molecule has 0 bridgehead atoms. The summed E-state index contributed by atoms with van der Waals surface area (Å²) < 4.78 is 0. The Kier molecular flexibility index (Phi) is 2.82. The predicted octanol–water partition coefficient (Wildman–Crippen LogP) is 1.68. The Bertz CT molecular complexity index is 506. The topological polar surface area (TPSA) is 80.9 Å². The molecule has 0 saturated heterocycles. The number of nitrogens with one attached hydrogen (secondary N) is 1. The molecule has 1 amide bonds. The largest absolute Gasteiger partial charge is 0.375 e. The van der Waals surface area contributed by atoms with E-state index in [1.807, 2.05) is 13.0 Å². The second-order valence-electron chi connectivity index (χ2n) is 3.25. The molecule has 0 aliphatic heterocycles. The van der Waals surface area contributed by atoms with Crippen molar-refractivity contribution in [1.29, 1.82) is 0 Å². The van der Waals surface area contributed by atoms with Crippen LogP contribution in [0.2, 0.25) is 0 Å². The van der Waals surface area contributed by atoms with Crippen LogP contribution in [0.3, 0.4) is 0 Å². The summed E-state index contributed by atoms with van der Waals surface area (Å²) in [5.41, 5.74) is 6.79. The highest BCUT2D eigenvalue weighted by Crippen LogP contribution is 2.12. The second-order valence-corrected chi connectivity index (χ2v) is 4.14. The highest BCUT2D eigenvalue weighted by Gasteiger charge is 2.09. The van der Waals surface area contributed by atoms with E-state index in [1.54, 1.807) is 17.6 Å². The van der Waals surface area contributed by atoms with Crippen LogP contribution in [0.25, 0.3) is 0 Å². The number of rotatable bonds is 2. The number of hydrogen-bond acceptors (Lipinski definition) is 5. The molecule has 0 aliphatic carbocycles. The van der Waals surface area contributed by atoms with Gasteiger partial charge in [-0.1, -0.05) is 6.07 Å². The van der Waals surface area contributed by atoms with Crippen molar-refractivity contribution >= 4 is 28.2 Å². The molecule has 0 atom stereocenters. The fraction of sp³-hybridized carbons (Fsp3) is 0.100. The van der Waals surface area contributed by atoms with Gasteiger partial charge in [0.25, 0.3) is 5.91 Å². The Balaban J connectivity index is 2.10. The maximum absolute atomic E-state index is 11.6. The smallest absolute Gasteiger partial charge is 0.276 e. The van der Waals surface area contributed by atoms with Gasteiger partial charge in [0.15, 0.2) is 5.13 Å². The second kappa shape index (κ2) is 4.28. The van der Waals surface area contributed by atoms with Crippen LogP contribution in [0, 0.1) is 6.92 Å². The molecule has 2 rings (SSSR count). The average molecular weight is 234 g/mol. The Morgan fingerprint density at radius 1 is 1.50 bits per heavy atom.